The number of carbonyl (C=O) groups excluding carboxylic acids is 4. The molecule has 1 saturated heterocycles. The van der Waals surface area contributed by atoms with Crippen LogP contribution in [-0.2, 0) is 39.7 Å². The molecule has 5 atom stereocenters. The molecule has 0 bridgehead atoms. The van der Waals surface area contributed by atoms with Gasteiger partial charge < -0.3 is 28.3 Å². The van der Waals surface area contributed by atoms with E-state index in [-0.39, 0.29) is 41.8 Å². The summed E-state index contributed by atoms with van der Waals surface area (Å²) in [6, 6.07) is 10.3. The van der Waals surface area contributed by atoms with Gasteiger partial charge in [0.15, 0.2) is 24.0 Å². The molecule has 2 aromatic heterocycles. The molecule has 1 aliphatic heterocycles. The van der Waals surface area contributed by atoms with Crippen molar-refractivity contribution in [1.29, 1.82) is 0 Å². The molecule has 0 spiro atoms. The van der Waals surface area contributed by atoms with Gasteiger partial charge >= 0.3 is 18.2 Å². The monoisotopic (exact) mass is 718 g/mol. The van der Waals surface area contributed by atoms with Gasteiger partial charge in [-0.1, -0.05) is 37.3 Å². The van der Waals surface area contributed by atoms with Crippen LogP contribution in [0.15, 0.2) is 42.6 Å². The number of aromatic nitrogens is 3. The van der Waals surface area contributed by atoms with Gasteiger partial charge in [0.1, 0.15) is 16.8 Å². The summed E-state index contributed by atoms with van der Waals surface area (Å²) in [5, 5.41) is -0.206. The highest BCUT2D eigenvalue weighted by Crippen LogP contribution is 2.40. The van der Waals surface area contributed by atoms with Crippen LogP contribution in [0, 0.1) is 5.92 Å². The predicted molar refractivity (Wildman–Crippen MR) is 182 cm³/mol. The van der Waals surface area contributed by atoms with Gasteiger partial charge in [-0.3, -0.25) is 4.79 Å². The lowest BCUT2D eigenvalue weighted by Crippen LogP contribution is -2.52. The van der Waals surface area contributed by atoms with Crippen LogP contribution >= 0.6 is 11.6 Å². The van der Waals surface area contributed by atoms with Gasteiger partial charge in [-0.05, 0) is 78.6 Å². The normalized spacial score (nSPS) is 20.6. The van der Waals surface area contributed by atoms with E-state index < -0.39 is 65.2 Å². The highest BCUT2D eigenvalue weighted by molar-refractivity contribution is 6.29. The summed E-state index contributed by atoms with van der Waals surface area (Å²) in [4.78, 5) is 62.1. The van der Waals surface area contributed by atoms with Crippen LogP contribution in [0.25, 0.3) is 11.0 Å². The van der Waals surface area contributed by atoms with Crippen molar-refractivity contribution in [1.82, 2.24) is 14.5 Å². The Morgan fingerprint density at radius 3 is 2.12 bits per heavy atom. The molecular weight excluding hydrogens is 675 g/mol. The van der Waals surface area contributed by atoms with Crippen molar-refractivity contribution in [2.24, 2.45) is 5.92 Å². The van der Waals surface area contributed by atoms with Gasteiger partial charge in [0, 0.05) is 18.5 Å². The van der Waals surface area contributed by atoms with E-state index in [9.17, 15) is 19.2 Å². The number of nitrogens with zero attached hydrogens (tertiary/aromatic N) is 4. The number of hydrogen-bond donors (Lipinski definition) is 0. The first-order chi connectivity index (χ1) is 23.3. The molecule has 1 aromatic carbocycles. The molecule has 3 heterocycles. The summed E-state index contributed by atoms with van der Waals surface area (Å²) in [6.45, 7) is 14.0. The predicted octanol–water partition coefficient (Wildman–Crippen LogP) is 6.78. The smallest absolute Gasteiger partial charge is 0.425 e. The molecule has 15 heteroatoms. The maximum Gasteiger partial charge on any atom is 0.425 e. The molecule has 13 nitrogen and oxygen atoms in total. The molecule has 1 aliphatic rings. The van der Waals surface area contributed by atoms with Crippen LogP contribution in [0.2, 0.25) is 5.28 Å². The molecule has 0 saturated carbocycles. The van der Waals surface area contributed by atoms with Crippen LogP contribution in [0.5, 0.6) is 0 Å². The number of rotatable bonds is 10. The molecule has 272 valence electrons. The van der Waals surface area contributed by atoms with Gasteiger partial charge in [0.05, 0.1) is 24.7 Å². The average molecular weight is 719 g/mol. The van der Waals surface area contributed by atoms with Gasteiger partial charge in [0.2, 0.25) is 10.9 Å². The van der Waals surface area contributed by atoms with E-state index >= 15 is 4.39 Å². The van der Waals surface area contributed by atoms with Crippen LogP contribution < -0.4 is 4.90 Å². The molecule has 1 unspecified atom stereocenters. The van der Waals surface area contributed by atoms with E-state index in [0.717, 1.165) is 0 Å². The van der Waals surface area contributed by atoms with Gasteiger partial charge in [0.25, 0.3) is 0 Å². The molecule has 0 aliphatic carbocycles. The average Bonchev–Trinajstić information content (AvgIpc) is 3.53. The third-order valence-electron chi connectivity index (χ3n) is 7.80. The topological polar surface area (TPSA) is 148 Å². The van der Waals surface area contributed by atoms with E-state index in [4.69, 9.17) is 35.3 Å². The Balaban J connectivity index is 1.69. The standard InChI is InChI=1S/C35H44ClFN4O9/c1-10-46-29(43)35(21(3)42,18-22-14-12-11-13-15-22)47-19-24-20(2)25(37)28(48-24)40-17-16-23-26(40)38-30(36)39-27(23)41(31(44)49-33(4,5)6)32(45)50-34(7,8)9/h11-17,20,24-25,28H,10,18-19H2,1-9H3/t20-,24-,25+,28-,35?/m1/s1. The van der Waals surface area contributed by atoms with Crippen molar-refractivity contribution in [3.63, 3.8) is 0 Å². The van der Waals surface area contributed by atoms with E-state index in [2.05, 4.69) is 9.97 Å². The van der Waals surface area contributed by atoms with Gasteiger partial charge in [-0.25, -0.2) is 18.8 Å². The highest BCUT2D eigenvalue weighted by Gasteiger charge is 2.50. The SMILES string of the molecule is CCOC(=O)C(Cc1ccccc1)(OC[C@H]1O[C@@H](n2ccc3c(N(C(=O)OC(C)(C)C)C(=O)OC(C)(C)C)nc(Cl)nc32)[C@@H](F)[C@@H]1C)C(C)=O. The van der Waals surface area contributed by atoms with Gasteiger partial charge in [-0.2, -0.15) is 14.9 Å². The number of fused-ring (bicyclic) bond motifs is 1. The number of amides is 2. The zero-order valence-electron chi connectivity index (χ0n) is 29.7. The largest absolute Gasteiger partial charge is 0.463 e. The number of ketones is 1. The zero-order chi connectivity index (χ0) is 37.2. The maximum absolute atomic E-state index is 16.1. The van der Waals surface area contributed by atoms with E-state index in [1.165, 1.54) is 23.8 Å². The minimum absolute atomic E-state index is 0.0172. The Hall–Kier alpha value is -4.14. The van der Waals surface area contributed by atoms with Crippen LogP contribution in [0.3, 0.4) is 0 Å². The number of esters is 1. The van der Waals surface area contributed by atoms with Crippen LogP contribution in [0.4, 0.5) is 19.8 Å². The van der Waals surface area contributed by atoms with E-state index in [0.29, 0.717) is 10.5 Å². The Labute approximate surface area is 295 Å². The number of alkyl halides is 1. The highest BCUT2D eigenvalue weighted by atomic mass is 35.5. The number of halogens is 2. The van der Waals surface area contributed by atoms with Crippen molar-refractivity contribution in [2.45, 2.75) is 104 Å². The van der Waals surface area contributed by atoms with Crippen LogP contribution in [0.1, 0.15) is 74.1 Å². The Bertz CT molecular complexity index is 1690. The number of hydrogen-bond acceptors (Lipinski definition) is 11. The van der Waals surface area contributed by atoms with E-state index in [1.54, 1.807) is 85.7 Å². The molecule has 2 amide bonds. The first-order valence-electron chi connectivity index (χ1n) is 16.2. The summed E-state index contributed by atoms with van der Waals surface area (Å²) in [6.07, 6.45) is -4.63. The zero-order valence-corrected chi connectivity index (χ0v) is 30.4. The first kappa shape index (κ1) is 38.7. The fourth-order valence-corrected chi connectivity index (χ4v) is 5.55. The maximum atomic E-state index is 16.1. The van der Waals surface area contributed by atoms with Crippen molar-refractivity contribution >= 4 is 52.4 Å². The second kappa shape index (κ2) is 15.0. The lowest BCUT2D eigenvalue weighted by Gasteiger charge is -2.31. The molecular formula is C35H44ClFN4O9. The van der Waals surface area contributed by atoms with Crippen molar-refractivity contribution in [3.05, 3.63) is 53.4 Å². The number of imide groups is 1. The molecule has 3 aromatic rings. The summed E-state index contributed by atoms with van der Waals surface area (Å²) < 4.78 is 46.0. The first-order valence-corrected chi connectivity index (χ1v) is 16.6. The third kappa shape index (κ3) is 8.59. The van der Waals surface area contributed by atoms with Crippen molar-refractivity contribution < 1.29 is 47.3 Å². The third-order valence-corrected chi connectivity index (χ3v) is 7.97. The number of anilines is 1. The van der Waals surface area contributed by atoms with Crippen molar-refractivity contribution in [2.75, 3.05) is 18.1 Å². The molecule has 50 heavy (non-hydrogen) atoms. The number of benzene rings is 1. The Kier molecular flexibility index (Phi) is 11.6. The summed E-state index contributed by atoms with van der Waals surface area (Å²) in [5.41, 5.74) is -3.25. The molecule has 0 radical (unpaired) electrons. The second-order valence-corrected chi connectivity index (χ2v) is 14.4. The fourth-order valence-electron chi connectivity index (χ4n) is 5.39. The summed E-state index contributed by atoms with van der Waals surface area (Å²) in [5.74, 6) is -2.46. The minimum Gasteiger partial charge on any atom is -0.463 e. The lowest BCUT2D eigenvalue weighted by molar-refractivity contribution is -0.182. The van der Waals surface area contributed by atoms with Gasteiger partial charge in [-0.15, -0.1) is 0 Å². The number of Topliss-reactive ketones (excluding diaryl/α,β-unsaturated/α-hetero) is 1. The summed E-state index contributed by atoms with van der Waals surface area (Å²) in [7, 11) is 0. The molecule has 0 N–H and O–H groups in total. The number of ether oxygens (including phenoxy) is 5. The second-order valence-electron chi connectivity index (χ2n) is 14.0. The Morgan fingerprint density at radius 2 is 1.58 bits per heavy atom. The lowest BCUT2D eigenvalue weighted by atomic mass is 9.90. The number of carbonyl (C=O) groups is 4. The van der Waals surface area contributed by atoms with Crippen molar-refractivity contribution in [3.8, 4) is 0 Å². The quantitative estimate of drug-likeness (QED) is 0.0945. The fraction of sp³-hybridized carbons (Fsp3) is 0.543. The van der Waals surface area contributed by atoms with Crippen LogP contribution in [-0.4, -0.2) is 80.8 Å². The summed E-state index contributed by atoms with van der Waals surface area (Å²) >= 11 is 6.33. The Morgan fingerprint density at radius 1 is 0.980 bits per heavy atom. The molecule has 1 fully saturated rings. The minimum atomic E-state index is -1.99. The molecule has 4 rings (SSSR count). The van der Waals surface area contributed by atoms with E-state index in [1.807, 2.05) is 0 Å².